The van der Waals surface area contributed by atoms with Crippen molar-refractivity contribution < 1.29 is 28.2 Å². The van der Waals surface area contributed by atoms with Gasteiger partial charge in [-0.15, -0.1) is 0 Å². The van der Waals surface area contributed by atoms with Crippen LogP contribution in [0.4, 0.5) is 4.39 Å². The molecule has 4 heterocycles. The summed E-state index contributed by atoms with van der Waals surface area (Å²) in [6, 6.07) is -0.986. The molecule has 4 aliphatic carbocycles. The summed E-state index contributed by atoms with van der Waals surface area (Å²) in [4.78, 5) is 47.8. The molecule has 3 N–H and O–H groups in total. The highest BCUT2D eigenvalue weighted by atomic mass is 19.1. The lowest BCUT2D eigenvalue weighted by molar-refractivity contribution is -0.206. The molecule has 1 amide bonds. The molecule has 11 unspecified atom stereocenters. The summed E-state index contributed by atoms with van der Waals surface area (Å²) in [6.45, 7) is 5.90. The summed E-state index contributed by atoms with van der Waals surface area (Å²) in [6.07, 6.45) is 7.36. The van der Waals surface area contributed by atoms with Crippen molar-refractivity contribution in [1.29, 1.82) is 0 Å². The molecule has 0 bridgehead atoms. The van der Waals surface area contributed by atoms with Crippen molar-refractivity contribution in [2.75, 3.05) is 52.5 Å². The number of Topliss-reactive ketones (excluding diaryl/α,β-unsaturated/α-hetero) is 2. The number of nitrogens with one attached hydrogen (secondary N) is 1. The maximum atomic E-state index is 16.2. The fraction of sp³-hybridized carbons (Fsp3) is 0.853. The SMILES string of the molecule is N[C@H]1CCN(C(=O)C2=CN3C4CC5C(CC4OC4C(NCCCN6CCOCC6)C(F)CC(C2=O)C43)C(=O)C2CCCCC25)C1. The molecular weight excluding hydrogens is 577 g/mol. The Morgan fingerprint density at radius 3 is 2.62 bits per heavy atom. The number of rotatable bonds is 6. The van der Waals surface area contributed by atoms with Gasteiger partial charge in [-0.25, -0.2) is 4.39 Å². The standard InChI is InChI=1S/C34H50FN5O5/c35-26-14-24-30-33(29(26)37-7-3-8-38-10-12-44-13-11-38)45-28-16-23-22(20-4-1-2-5-21(20)31(23)41)15-27(28)40(30)18-25(32(24)42)34(43)39-9-6-19(36)17-39/h18-24,26-30,33,37H,1-17,36H2/t19-,20?,21?,22?,23?,24?,26?,27?,28?,29?,30?,33?/m0/s1. The third-order valence-corrected chi connectivity index (χ3v) is 12.8. The van der Waals surface area contributed by atoms with E-state index in [1.54, 1.807) is 4.90 Å². The Kier molecular flexibility index (Phi) is 8.29. The van der Waals surface area contributed by atoms with E-state index in [9.17, 15) is 14.4 Å². The first kappa shape index (κ1) is 30.4. The molecule has 45 heavy (non-hydrogen) atoms. The van der Waals surface area contributed by atoms with Crippen LogP contribution in [0.5, 0.6) is 0 Å². The van der Waals surface area contributed by atoms with Crippen LogP contribution >= 0.6 is 0 Å². The van der Waals surface area contributed by atoms with E-state index in [4.69, 9.17) is 15.2 Å². The normalized spacial score (nSPS) is 44.6. The highest BCUT2D eigenvalue weighted by Gasteiger charge is 2.62. The van der Waals surface area contributed by atoms with Gasteiger partial charge >= 0.3 is 0 Å². The highest BCUT2D eigenvalue weighted by Crippen LogP contribution is 2.56. The van der Waals surface area contributed by atoms with Crippen LogP contribution in [0.25, 0.3) is 0 Å². The van der Waals surface area contributed by atoms with Gasteiger partial charge < -0.3 is 30.3 Å². The van der Waals surface area contributed by atoms with Gasteiger partial charge in [0, 0.05) is 56.2 Å². The molecule has 10 nitrogen and oxygen atoms in total. The zero-order valence-electron chi connectivity index (χ0n) is 26.4. The molecular formula is C34H50FN5O5. The number of nitrogens with two attached hydrogens (primary N) is 1. The summed E-state index contributed by atoms with van der Waals surface area (Å²) < 4.78 is 28.6. The molecule has 0 aromatic heterocycles. The summed E-state index contributed by atoms with van der Waals surface area (Å²) in [5, 5.41) is 3.52. The van der Waals surface area contributed by atoms with Gasteiger partial charge in [-0.05, 0) is 69.9 Å². The van der Waals surface area contributed by atoms with Crippen LogP contribution < -0.4 is 11.1 Å². The van der Waals surface area contributed by atoms with E-state index in [1.807, 2.05) is 6.20 Å². The zero-order valence-corrected chi connectivity index (χ0v) is 26.4. The van der Waals surface area contributed by atoms with Gasteiger partial charge in [0.05, 0.1) is 49.1 Å². The number of ketones is 2. The minimum atomic E-state index is -1.27. The largest absolute Gasteiger partial charge is 0.379 e. The Hall–Kier alpha value is -1.92. The second-order valence-corrected chi connectivity index (χ2v) is 15.2. The highest BCUT2D eigenvalue weighted by molar-refractivity contribution is 6.20. The van der Waals surface area contributed by atoms with Crippen LogP contribution in [0, 0.1) is 29.6 Å². The van der Waals surface area contributed by atoms with E-state index in [0.717, 1.165) is 65.0 Å². The number of likely N-dealkylation sites (tertiary alicyclic amines) is 1. The number of carbonyl (C=O) groups excluding carboxylic acids is 3. The van der Waals surface area contributed by atoms with Crippen molar-refractivity contribution in [2.45, 2.75) is 100 Å². The number of hydrogen-bond acceptors (Lipinski definition) is 9. The first-order valence-electron chi connectivity index (χ1n) is 17.8. The number of morpholine rings is 2. The van der Waals surface area contributed by atoms with Crippen molar-refractivity contribution in [3.05, 3.63) is 11.8 Å². The number of fused-ring (bicyclic) bond motifs is 5. The second kappa shape index (κ2) is 12.3. The number of halogens is 1. The minimum absolute atomic E-state index is 0.000940. The Balaban J connectivity index is 1.08. The molecule has 0 aromatic carbocycles. The van der Waals surface area contributed by atoms with Crippen LogP contribution in [-0.4, -0.2) is 127 Å². The fourth-order valence-electron chi connectivity index (χ4n) is 10.7. The van der Waals surface area contributed by atoms with Gasteiger partial charge in [-0.3, -0.25) is 19.3 Å². The number of hydrogen-bond donors (Lipinski definition) is 2. The molecule has 248 valence electrons. The molecule has 4 saturated carbocycles. The second-order valence-electron chi connectivity index (χ2n) is 15.2. The third-order valence-electron chi connectivity index (χ3n) is 12.8. The van der Waals surface area contributed by atoms with Crippen LogP contribution in [-0.2, 0) is 23.9 Å². The lowest BCUT2D eigenvalue weighted by Crippen LogP contribution is -2.73. The third kappa shape index (κ3) is 5.29. The molecule has 8 rings (SSSR count). The predicted octanol–water partition coefficient (Wildman–Crippen LogP) is 1.27. The Morgan fingerprint density at radius 1 is 1.00 bits per heavy atom. The van der Waals surface area contributed by atoms with Gasteiger partial charge in [0.2, 0.25) is 0 Å². The maximum absolute atomic E-state index is 16.2. The molecule has 0 radical (unpaired) electrons. The number of nitrogens with zero attached hydrogens (tertiary/aromatic N) is 3. The van der Waals surface area contributed by atoms with Gasteiger partial charge in [-0.2, -0.15) is 0 Å². The van der Waals surface area contributed by atoms with Crippen molar-refractivity contribution in [3.8, 4) is 0 Å². The summed E-state index contributed by atoms with van der Waals surface area (Å²) >= 11 is 0. The van der Waals surface area contributed by atoms with E-state index >= 15 is 4.39 Å². The Bertz CT molecular complexity index is 1210. The van der Waals surface area contributed by atoms with Gasteiger partial charge in [0.25, 0.3) is 5.91 Å². The van der Waals surface area contributed by atoms with Gasteiger partial charge in [-0.1, -0.05) is 12.8 Å². The Morgan fingerprint density at radius 2 is 1.82 bits per heavy atom. The lowest BCUT2D eigenvalue weighted by atomic mass is 9.66. The van der Waals surface area contributed by atoms with Crippen LogP contribution in [0.1, 0.15) is 57.8 Å². The zero-order chi connectivity index (χ0) is 30.8. The number of carbonyl (C=O) groups is 3. The van der Waals surface area contributed by atoms with Crippen molar-refractivity contribution in [1.82, 2.24) is 20.0 Å². The molecule has 12 atom stereocenters. The summed E-state index contributed by atoms with van der Waals surface area (Å²) in [5.74, 6) is 0.159. The molecule has 8 aliphatic rings. The van der Waals surface area contributed by atoms with Gasteiger partial charge in [0.1, 0.15) is 12.0 Å². The van der Waals surface area contributed by atoms with E-state index in [2.05, 4.69) is 15.1 Å². The monoisotopic (exact) mass is 627 g/mol. The topological polar surface area (TPSA) is 117 Å². The van der Waals surface area contributed by atoms with Crippen molar-refractivity contribution >= 4 is 17.5 Å². The maximum Gasteiger partial charge on any atom is 0.259 e. The van der Waals surface area contributed by atoms with E-state index in [1.165, 1.54) is 6.42 Å². The van der Waals surface area contributed by atoms with E-state index in [-0.39, 0.29) is 59.7 Å². The quantitative estimate of drug-likeness (QED) is 0.332. The number of amides is 1. The minimum Gasteiger partial charge on any atom is -0.379 e. The fourth-order valence-corrected chi connectivity index (χ4v) is 10.7. The molecule has 3 saturated heterocycles. The van der Waals surface area contributed by atoms with Crippen molar-refractivity contribution in [2.24, 2.45) is 35.3 Å². The molecule has 0 spiro atoms. The average Bonchev–Trinajstić information content (AvgIpc) is 3.61. The first-order chi connectivity index (χ1) is 21.9. The van der Waals surface area contributed by atoms with Crippen molar-refractivity contribution in [3.63, 3.8) is 0 Å². The number of ether oxygens (including phenoxy) is 2. The van der Waals surface area contributed by atoms with E-state index in [0.29, 0.717) is 50.1 Å². The smallest absolute Gasteiger partial charge is 0.259 e. The van der Waals surface area contributed by atoms with Crippen LogP contribution in [0.2, 0.25) is 0 Å². The number of alkyl halides is 1. The molecule has 0 aromatic rings. The van der Waals surface area contributed by atoms with Crippen LogP contribution in [0.15, 0.2) is 11.8 Å². The average molecular weight is 628 g/mol. The van der Waals surface area contributed by atoms with Crippen LogP contribution in [0.3, 0.4) is 0 Å². The Labute approximate surface area is 265 Å². The first-order valence-corrected chi connectivity index (χ1v) is 17.8. The lowest BCUT2D eigenvalue weighted by Gasteiger charge is -2.60. The predicted molar refractivity (Wildman–Crippen MR) is 164 cm³/mol. The summed E-state index contributed by atoms with van der Waals surface area (Å²) in [7, 11) is 0. The summed E-state index contributed by atoms with van der Waals surface area (Å²) in [5.41, 5.74) is 6.30. The van der Waals surface area contributed by atoms with Gasteiger partial charge in [0.15, 0.2) is 5.78 Å². The molecule has 11 heteroatoms. The molecule has 4 aliphatic heterocycles. The van der Waals surface area contributed by atoms with E-state index < -0.39 is 24.2 Å². The molecule has 7 fully saturated rings.